The van der Waals surface area contributed by atoms with Crippen LogP contribution < -0.4 is 5.32 Å². The average Bonchev–Trinajstić information content (AvgIpc) is 3.11. The highest BCUT2D eigenvalue weighted by Crippen LogP contribution is 2.51. The van der Waals surface area contributed by atoms with Crippen molar-refractivity contribution < 1.29 is 15.0 Å². The van der Waals surface area contributed by atoms with Gasteiger partial charge in [0.05, 0.1) is 18.2 Å². The lowest BCUT2D eigenvalue weighted by Gasteiger charge is -2.39. The highest BCUT2D eigenvalue weighted by Gasteiger charge is 2.39. The van der Waals surface area contributed by atoms with Crippen LogP contribution in [0.4, 0.5) is 5.69 Å². The van der Waals surface area contributed by atoms with E-state index in [1.165, 1.54) is 5.56 Å². The minimum atomic E-state index is -0.905. The van der Waals surface area contributed by atoms with E-state index in [2.05, 4.69) is 24.4 Å². The van der Waals surface area contributed by atoms with Gasteiger partial charge < -0.3 is 15.5 Å². The molecule has 0 aromatic heterocycles. The third kappa shape index (κ3) is 2.53. The number of hydrogen-bond donors (Lipinski definition) is 3. The summed E-state index contributed by atoms with van der Waals surface area (Å²) in [6.07, 6.45) is 5.44. The highest BCUT2D eigenvalue weighted by atomic mass is 16.4. The second kappa shape index (κ2) is 6.05. The molecule has 0 radical (unpaired) electrons. The molecule has 128 valence electrons. The fourth-order valence-electron chi connectivity index (χ4n) is 4.23. The summed E-state index contributed by atoms with van der Waals surface area (Å²) in [5.41, 5.74) is 5.86. The maximum atomic E-state index is 11.1. The SMILES string of the molecule is Cc1ccc(CO)c2c1N[C@H](c1ccc(C(=O)O)cc1)[C@@H]1CC=C[C@@H]21. The lowest BCUT2D eigenvalue weighted by molar-refractivity contribution is 0.0697. The van der Waals surface area contributed by atoms with Crippen LogP contribution in [0.2, 0.25) is 0 Å². The first kappa shape index (κ1) is 15.9. The summed E-state index contributed by atoms with van der Waals surface area (Å²) in [5.74, 6) is -0.255. The minimum Gasteiger partial charge on any atom is -0.478 e. The molecule has 0 saturated carbocycles. The fraction of sp³-hybridized carbons (Fsp3) is 0.286. The number of carboxylic acids is 1. The largest absolute Gasteiger partial charge is 0.478 e. The number of carboxylic acid groups (broad SMARTS) is 1. The maximum Gasteiger partial charge on any atom is 0.335 e. The molecule has 2 aliphatic rings. The molecule has 2 aromatic carbocycles. The van der Waals surface area contributed by atoms with Gasteiger partial charge in [-0.25, -0.2) is 4.79 Å². The van der Waals surface area contributed by atoms with Crippen LogP contribution in [-0.4, -0.2) is 16.2 Å². The zero-order valence-corrected chi connectivity index (χ0v) is 14.1. The zero-order chi connectivity index (χ0) is 17.6. The van der Waals surface area contributed by atoms with Gasteiger partial charge >= 0.3 is 5.97 Å². The van der Waals surface area contributed by atoms with Crippen LogP contribution in [0.5, 0.6) is 0 Å². The number of fused-ring (bicyclic) bond motifs is 3. The molecular formula is C21H21NO3. The lowest BCUT2D eigenvalue weighted by atomic mass is 9.75. The Bertz CT molecular complexity index is 854. The molecule has 0 saturated heterocycles. The Hall–Kier alpha value is -2.59. The summed E-state index contributed by atoms with van der Waals surface area (Å²) in [5, 5.41) is 22.6. The van der Waals surface area contributed by atoms with Gasteiger partial charge in [0.25, 0.3) is 0 Å². The van der Waals surface area contributed by atoms with Gasteiger partial charge in [0.15, 0.2) is 0 Å². The summed E-state index contributed by atoms with van der Waals surface area (Å²) in [7, 11) is 0. The Kier molecular flexibility index (Phi) is 3.85. The summed E-state index contributed by atoms with van der Waals surface area (Å²) < 4.78 is 0. The van der Waals surface area contributed by atoms with Crippen LogP contribution in [0.3, 0.4) is 0 Å². The van der Waals surface area contributed by atoms with E-state index >= 15 is 0 Å². The van der Waals surface area contributed by atoms with Crippen molar-refractivity contribution in [2.24, 2.45) is 5.92 Å². The van der Waals surface area contributed by atoms with Crippen molar-refractivity contribution in [3.05, 3.63) is 76.4 Å². The zero-order valence-electron chi connectivity index (χ0n) is 14.1. The van der Waals surface area contributed by atoms with Gasteiger partial charge in [-0.1, -0.05) is 36.4 Å². The number of hydrogen-bond acceptors (Lipinski definition) is 3. The predicted molar refractivity (Wildman–Crippen MR) is 96.9 cm³/mol. The number of aliphatic hydroxyl groups is 1. The average molecular weight is 335 g/mol. The van der Waals surface area contributed by atoms with Crippen LogP contribution in [0.25, 0.3) is 0 Å². The lowest BCUT2D eigenvalue weighted by Crippen LogP contribution is -2.30. The first-order valence-electron chi connectivity index (χ1n) is 8.60. The molecule has 0 fully saturated rings. The molecule has 4 nitrogen and oxygen atoms in total. The number of aryl methyl sites for hydroxylation is 1. The molecule has 0 amide bonds. The number of carbonyl (C=O) groups is 1. The van der Waals surface area contributed by atoms with Crippen molar-refractivity contribution >= 4 is 11.7 Å². The molecule has 3 atom stereocenters. The van der Waals surface area contributed by atoms with Gasteiger partial charge in [0.2, 0.25) is 0 Å². The Morgan fingerprint density at radius 2 is 1.96 bits per heavy atom. The van der Waals surface area contributed by atoms with Gasteiger partial charge in [-0.3, -0.25) is 0 Å². The normalized spacial score (nSPS) is 23.7. The first-order valence-corrected chi connectivity index (χ1v) is 8.60. The third-order valence-corrected chi connectivity index (χ3v) is 5.51. The Labute approximate surface area is 146 Å². The van der Waals surface area contributed by atoms with Crippen molar-refractivity contribution in [2.75, 3.05) is 5.32 Å². The molecule has 1 heterocycles. The van der Waals surface area contributed by atoms with Crippen molar-refractivity contribution in [3.63, 3.8) is 0 Å². The van der Waals surface area contributed by atoms with E-state index in [4.69, 9.17) is 5.11 Å². The maximum absolute atomic E-state index is 11.1. The monoisotopic (exact) mass is 335 g/mol. The van der Waals surface area contributed by atoms with Crippen LogP contribution in [0.15, 0.2) is 48.6 Å². The van der Waals surface area contributed by atoms with E-state index in [1.807, 2.05) is 24.3 Å². The smallest absolute Gasteiger partial charge is 0.335 e. The molecule has 1 aliphatic heterocycles. The van der Waals surface area contributed by atoms with E-state index in [0.717, 1.165) is 28.8 Å². The molecule has 25 heavy (non-hydrogen) atoms. The van der Waals surface area contributed by atoms with E-state index in [-0.39, 0.29) is 18.6 Å². The number of benzene rings is 2. The topological polar surface area (TPSA) is 69.6 Å². The molecule has 0 unspecified atom stereocenters. The number of nitrogens with one attached hydrogen (secondary N) is 1. The Morgan fingerprint density at radius 3 is 2.64 bits per heavy atom. The van der Waals surface area contributed by atoms with E-state index < -0.39 is 5.97 Å². The summed E-state index contributed by atoms with van der Waals surface area (Å²) in [6, 6.07) is 11.3. The third-order valence-electron chi connectivity index (χ3n) is 5.51. The number of allylic oxidation sites excluding steroid dienone is 2. The molecular weight excluding hydrogens is 314 g/mol. The summed E-state index contributed by atoms with van der Waals surface area (Å²) in [4.78, 5) is 11.1. The van der Waals surface area contributed by atoms with E-state index in [1.54, 1.807) is 12.1 Å². The fourth-order valence-corrected chi connectivity index (χ4v) is 4.23. The van der Waals surface area contributed by atoms with E-state index in [0.29, 0.717) is 11.5 Å². The number of aliphatic hydroxyl groups excluding tert-OH is 1. The number of rotatable bonds is 3. The van der Waals surface area contributed by atoms with Crippen LogP contribution >= 0.6 is 0 Å². The summed E-state index contributed by atoms with van der Waals surface area (Å²) in [6.45, 7) is 2.12. The van der Waals surface area contributed by atoms with Gasteiger partial charge in [-0.05, 0) is 53.6 Å². The quantitative estimate of drug-likeness (QED) is 0.741. The molecule has 3 N–H and O–H groups in total. The van der Waals surface area contributed by atoms with Gasteiger partial charge in [0.1, 0.15) is 0 Å². The molecule has 1 aliphatic carbocycles. The number of aromatic carboxylic acids is 1. The van der Waals surface area contributed by atoms with Gasteiger partial charge in [-0.15, -0.1) is 0 Å². The minimum absolute atomic E-state index is 0.0410. The van der Waals surface area contributed by atoms with Crippen molar-refractivity contribution in [1.82, 2.24) is 0 Å². The highest BCUT2D eigenvalue weighted by molar-refractivity contribution is 5.87. The van der Waals surface area contributed by atoms with Gasteiger partial charge in [0, 0.05) is 11.6 Å². The van der Waals surface area contributed by atoms with Crippen molar-refractivity contribution in [3.8, 4) is 0 Å². The standard InChI is InChI=1S/C21H21NO3/c1-12-5-6-15(11-23)18-16-3-2-4-17(16)20(22-19(12)18)13-7-9-14(10-8-13)21(24)25/h2-3,5-10,16-17,20,22-23H,4,11H2,1H3,(H,24,25)/t16-,17-,20-/m1/s1. The van der Waals surface area contributed by atoms with Crippen LogP contribution in [-0.2, 0) is 6.61 Å². The summed E-state index contributed by atoms with van der Waals surface area (Å²) >= 11 is 0. The van der Waals surface area contributed by atoms with Crippen LogP contribution in [0.1, 0.15) is 51.0 Å². The second-order valence-electron chi connectivity index (χ2n) is 6.89. The molecule has 4 heteroatoms. The van der Waals surface area contributed by atoms with Crippen molar-refractivity contribution in [1.29, 1.82) is 0 Å². The number of anilines is 1. The van der Waals surface area contributed by atoms with E-state index in [9.17, 15) is 9.90 Å². The Morgan fingerprint density at radius 1 is 1.20 bits per heavy atom. The van der Waals surface area contributed by atoms with Gasteiger partial charge in [-0.2, -0.15) is 0 Å². The predicted octanol–water partition coefficient (Wildman–Crippen LogP) is 4.01. The van der Waals surface area contributed by atoms with Crippen LogP contribution in [0, 0.1) is 12.8 Å². The Balaban J connectivity index is 1.78. The second-order valence-corrected chi connectivity index (χ2v) is 6.89. The first-order chi connectivity index (χ1) is 12.1. The molecule has 4 rings (SSSR count). The molecule has 0 spiro atoms. The van der Waals surface area contributed by atoms with Crippen molar-refractivity contribution in [2.45, 2.75) is 31.9 Å². The molecule has 0 bridgehead atoms. The molecule has 2 aromatic rings.